The van der Waals surface area contributed by atoms with E-state index in [9.17, 15) is 4.79 Å². The van der Waals surface area contributed by atoms with Crippen LogP contribution >= 0.6 is 0 Å². The number of rotatable bonds is 7. The van der Waals surface area contributed by atoms with Crippen LogP contribution in [0.2, 0.25) is 0 Å². The lowest BCUT2D eigenvalue weighted by molar-refractivity contribution is -0.910. The molecular formula is C25H28N2O3+2. The highest BCUT2D eigenvalue weighted by Gasteiger charge is 2.21. The Labute approximate surface area is 175 Å². The molecule has 4 aromatic rings. The van der Waals surface area contributed by atoms with E-state index in [1.54, 1.807) is 13.2 Å². The summed E-state index contributed by atoms with van der Waals surface area (Å²) in [7, 11) is 6.02. The van der Waals surface area contributed by atoms with Gasteiger partial charge >= 0.3 is 5.63 Å². The van der Waals surface area contributed by atoms with Gasteiger partial charge in [-0.2, -0.15) is 0 Å². The molecule has 0 aliphatic rings. The first-order valence-corrected chi connectivity index (χ1v) is 10.3. The molecule has 0 saturated carbocycles. The van der Waals surface area contributed by atoms with E-state index < -0.39 is 0 Å². The van der Waals surface area contributed by atoms with Crippen molar-refractivity contribution in [3.8, 4) is 5.75 Å². The van der Waals surface area contributed by atoms with Crippen molar-refractivity contribution < 1.29 is 19.4 Å². The van der Waals surface area contributed by atoms with Crippen molar-refractivity contribution in [2.24, 2.45) is 0 Å². The molecule has 0 amide bonds. The summed E-state index contributed by atoms with van der Waals surface area (Å²) in [6.45, 7) is 1.60. The third-order valence-corrected chi connectivity index (χ3v) is 5.67. The van der Waals surface area contributed by atoms with E-state index in [1.807, 2.05) is 36.4 Å². The predicted molar refractivity (Wildman–Crippen MR) is 119 cm³/mol. The van der Waals surface area contributed by atoms with Gasteiger partial charge in [0.2, 0.25) is 0 Å². The molecule has 0 aliphatic carbocycles. The molecule has 0 unspecified atom stereocenters. The molecule has 0 saturated heterocycles. The standard InChI is InChI=1S/C25H26N2O3/c1-27(2)22(18-8-6-9-20(13-18)29-3)16-26-15-19-14-24(28)30-23-12-11-17-7-4-5-10-21(17)25(19)23/h4-14,22,26H,15-16H2,1-3H3/p+2/t22-/m0/s1. The van der Waals surface area contributed by atoms with E-state index >= 15 is 0 Å². The number of nitrogens with two attached hydrogens (primary N) is 1. The quantitative estimate of drug-likeness (QED) is 0.365. The Morgan fingerprint density at radius 1 is 1.03 bits per heavy atom. The van der Waals surface area contributed by atoms with Crippen molar-refractivity contribution in [2.75, 3.05) is 27.7 Å². The van der Waals surface area contributed by atoms with Crippen molar-refractivity contribution in [3.63, 3.8) is 0 Å². The molecule has 0 radical (unpaired) electrons. The van der Waals surface area contributed by atoms with Gasteiger partial charge < -0.3 is 19.4 Å². The highest BCUT2D eigenvalue weighted by molar-refractivity contribution is 6.06. The van der Waals surface area contributed by atoms with Crippen LogP contribution in [0.15, 0.2) is 75.9 Å². The maximum atomic E-state index is 12.1. The summed E-state index contributed by atoms with van der Waals surface area (Å²) < 4.78 is 10.9. The molecule has 3 N–H and O–H groups in total. The molecule has 1 heterocycles. The molecule has 30 heavy (non-hydrogen) atoms. The number of fused-ring (bicyclic) bond motifs is 3. The van der Waals surface area contributed by atoms with Crippen molar-refractivity contribution in [1.82, 2.24) is 0 Å². The number of benzene rings is 3. The first-order chi connectivity index (χ1) is 14.6. The Kier molecular flexibility index (Phi) is 5.84. The Hall–Kier alpha value is -3.15. The Morgan fingerprint density at radius 2 is 1.87 bits per heavy atom. The number of ether oxygens (including phenoxy) is 1. The van der Waals surface area contributed by atoms with Crippen LogP contribution in [0, 0.1) is 0 Å². The molecule has 4 rings (SSSR count). The Morgan fingerprint density at radius 3 is 2.67 bits per heavy atom. The average molecular weight is 405 g/mol. The SMILES string of the molecule is COc1cccc([C@H](C[NH2+]Cc2cc(=O)oc3ccc4ccccc4c23)[NH+](C)C)c1. The predicted octanol–water partition coefficient (Wildman–Crippen LogP) is 1.90. The zero-order chi connectivity index (χ0) is 21.1. The lowest BCUT2D eigenvalue weighted by Gasteiger charge is -2.21. The minimum atomic E-state index is -0.302. The van der Waals surface area contributed by atoms with Crippen LogP contribution in [-0.4, -0.2) is 27.7 Å². The Bertz CT molecular complexity index is 1230. The smallest absolute Gasteiger partial charge is 0.336 e. The van der Waals surface area contributed by atoms with Gasteiger partial charge in [-0.15, -0.1) is 0 Å². The van der Waals surface area contributed by atoms with Gasteiger partial charge in [0.1, 0.15) is 24.4 Å². The van der Waals surface area contributed by atoms with Crippen LogP contribution in [0.4, 0.5) is 0 Å². The molecule has 1 atom stereocenters. The molecule has 5 heteroatoms. The fraction of sp³-hybridized carbons (Fsp3) is 0.240. The van der Waals surface area contributed by atoms with Crippen LogP contribution in [0.5, 0.6) is 5.75 Å². The van der Waals surface area contributed by atoms with E-state index in [0.717, 1.165) is 34.0 Å². The molecule has 154 valence electrons. The zero-order valence-corrected chi connectivity index (χ0v) is 17.6. The summed E-state index contributed by atoms with van der Waals surface area (Å²) in [6, 6.07) is 22.3. The second kappa shape index (κ2) is 8.69. The van der Waals surface area contributed by atoms with Crippen LogP contribution in [0.1, 0.15) is 17.2 Å². The topological polar surface area (TPSA) is 60.5 Å². The normalized spacial score (nSPS) is 12.5. The molecule has 3 aromatic carbocycles. The lowest BCUT2D eigenvalue weighted by Crippen LogP contribution is -3.09. The van der Waals surface area contributed by atoms with Gasteiger partial charge in [0.15, 0.2) is 6.04 Å². The summed E-state index contributed by atoms with van der Waals surface area (Å²) in [5.74, 6) is 0.872. The van der Waals surface area contributed by atoms with Crippen molar-refractivity contribution in [2.45, 2.75) is 12.6 Å². The second-order valence-corrected chi connectivity index (χ2v) is 7.89. The van der Waals surface area contributed by atoms with E-state index in [4.69, 9.17) is 9.15 Å². The summed E-state index contributed by atoms with van der Waals surface area (Å²) in [4.78, 5) is 13.5. The van der Waals surface area contributed by atoms with Crippen LogP contribution < -0.4 is 20.6 Å². The minimum Gasteiger partial charge on any atom is -0.497 e. The monoisotopic (exact) mass is 404 g/mol. The first kappa shape index (κ1) is 20.1. The van der Waals surface area contributed by atoms with E-state index in [2.05, 4.69) is 43.7 Å². The van der Waals surface area contributed by atoms with Gasteiger partial charge in [-0.05, 0) is 29.0 Å². The number of methoxy groups -OCH3 is 1. The molecular weight excluding hydrogens is 376 g/mol. The van der Waals surface area contributed by atoms with Crippen molar-refractivity contribution in [3.05, 3.63) is 88.3 Å². The van der Waals surface area contributed by atoms with Gasteiger partial charge in [-0.3, -0.25) is 0 Å². The summed E-state index contributed by atoms with van der Waals surface area (Å²) in [5, 5.41) is 5.56. The van der Waals surface area contributed by atoms with E-state index in [0.29, 0.717) is 18.2 Å². The summed E-state index contributed by atoms with van der Waals surface area (Å²) in [5.41, 5.74) is 2.60. The third kappa shape index (κ3) is 4.08. The van der Waals surface area contributed by atoms with Crippen molar-refractivity contribution >= 4 is 21.7 Å². The maximum absolute atomic E-state index is 12.1. The number of likely N-dealkylation sites (N-methyl/N-ethyl adjacent to an activating group) is 1. The molecule has 0 aliphatic heterocycles. The molecule has 5 nitrogen and oxygen atoms in total. The zero-order valence-electron chi connectivity index (χ0n) is 17.6. The number of nitrogens with one attached hydrogen (secondary N) is 1. The van der Waals surface area contributed by atoms with Gasteiger partial charge in [-0.1, -0.05) is 42.5 Å². The molecule has 0 bridgehead atoms. The highest BCUT2D eigenvalue weighted by Crippen LogP contribution is 2.27. The number of quaternary nitrogens is 2. The average Bonchev–Trinajstić information content (AvgIpc) is 2.75. The van der Waals surface area contributed by atoms with Crippen LogP contribution in [0.3, 0.4) is 0 Å². The summed E-state index contributed by atoms with van der Waals surface area (Å²) in [6.07, 6.45) is 0. The number of hydrogen-bond donors (Lipinski definition) is 2. The van der Waals surface area contributed by atoms with Gasteiger partial charge in [0.05, 0.1) is 21.2 Å². The first-order valence-electron chi connectivity index (χ1n) is 10.3. The second-order valence-electron chi connectivity index (χ2n) is 7.89. The number of hydrogen-bond acceptors (Lipinski definition) is 3. The third-order valence-electron chi connectivity index (χ3n) is 5.67. The van der Waals surface area contributed by atoms with E-state index in [-0.39, 0.29) is 5.63 Å². The van der Waals surface area contributed by atoms with Gasteiger partial charge in [-0.25, -0.2) is 4.79 Å². The minimum absolute atomic E-state index is 0.302. The molecule has 1 aromatic heterocycles. The largest absolute Gasteiger partial charge is 0.497 e. The fourth-order valence-corrected chi connectivity index (χ4v) is 4.15. The highest BCUT2D eigenvalue weighted by atomic mass is 16.5. The Balaban J connectivity index is 1.62. The van der Waals surface area contributed by atoms with Crippen LogP contribution in [0.25, 0.3) is 21.7 Å². The lowest BCUT2D eigenvalue weighted by atomic mass is 10.0. The molecule has 0 fully saturated rings. The van der Waals surface area contributed by atoms with Crippen molar-refractivity contribution in [1.29, 1.82) is 0 Å². The maximum Gasteiger partial charge on any atom is 0.336 e. The van der Waals surface area contributed by atoms with E-state index in [1.165, 1.54) is 10.5 Å². The van der Waals surface area contributed by atoms with Gasteiger partial charge in [0, 0.05) is 22.6 Å². The van der Waals surface area contributed by atoms with Gasteiger partial charge in [0.25, 0.3) is 0 Å². The molecule has 0 spiro atoms. The summed E-state index contributed by atoms with van der Waals surface area (Å²) >= 11 is 0. The van der Waals surface area contributed by atoms with Crippen LogP contribution in [-0.2, 0) is 6.54 Å². The fourth-order valence-electron chi connectivity index (χ4n) is 4.15.